The van der Waals surface area contributed by atoms with E-state index in [1.807, 2.05) is 18.2 Å². The molecule has 0 amide bonds. The van der Waals surface area contributed by atoms with Crippen molar-refractivity contribution in [3.05, 3.63) is 29.3 Å². The second-order valence-electron chi connectivity index (χ2n) is 5.55. The Labute approximate surface area is 127 Å². The third-order valence-electron chi connectivity index (χ3n) is 3.95. The molecule has 0 radical (unpaired) electrons. The predicted octanol–water partition coefficient (Wildman–Crippen LogP) is 3.10. The van der Waals surface area contributed by atoms with Gasteiger partial charge in [0.25, 0.3) is 0 Å². The average molecular weight is 287 g/mol. The zero-order valence-electron chi connectivity index (χ0n) is 12.9. The lowest BCUT2D eigenvalue weighted by molar-refractivity contribution is 0.0727. The number of ether oxygens (including phenoxy) is 2. The number of benzene rings is 1. The van der Waals surface area contributed by atoms with Gasteiger partial charge in [0.2, 0.25) is 0 Å². The lowest BCUT2D eigenvalue weighted by Crippen LogP contribution is -2.13. The first-order valence-corrected chi connectivity index (χ1v) is 7.77. The Morgan fingerprint density at radius 3 is 2.76 bits per heavy atom. The Kier molecular flexibility index (Phi) is 6.59. The topological polar surface area (TPSA) is 44.5 Å². The van der Waals surface area contributed by atoms with Crippen molar-refractivity contribution in [1.29, 1.82) is 0 Å². The van der Waals surface area contributed by atoms with Crippen molar-refractivity contribution in [3.8, 4) is 17.6 Å². The Hall–Kier alpha value is -1.50. The zero-order valence-corrected chi connectivity index (χ0v) is 12.9. The lowest BCUT2D eigenvalue weighted by Gasteiger charge is -2.21. The van der Waals surface area contributed by atoms with Gasteiger partial charge < -0.3 is 15.2 Å². The van der Waals surface area contributed by atoms with Gasteiger partial charge in [-0.3, -0.25) is 0 Å². The monoisotopic (exact) mass is 287 g/mol. The fourth-order valence-electron chi connectivity index (χ4n) is 2.81. The van der Waals surface area contributed by atoms with Crippen LogP contribution in [0.1, 0.15) is 43.2 Å². The minimum absolute atomic E-state index is 0.375. The highest BCUT2D eigenvalue weighted by atomic mass is 16.5. The van der Waals surface area contributed by atoms with E-state index in [2.05, 4.69) is 11.8 Å². The molecule has 21 heavy (non-hydrogen) atoms. The normalized spacial score (nSPS) is 15.3. The standard InChI is InChI=1S/C18H25NO2/c1-20-18-10-9-15(8-5-11-19)12-17(18)14-21-13-16-6-3-2-4-7-16/h9-10,12,16H,2-4,6-7,11,13-14,19H2,1H3. The summed E-state index contributed by atoms with van der Waals surface area (Å²) < 4.78 is 11.3. The van der Waals surface area contributed by atoms with Crippen LogP contribution in [0.15, 0.2) is 18.2 Å². The molecule has 2 N–H and O–H groups in total. The maximum atomic E-state index is 5.91. The average Bonchev–Trinajstić information content (AvgIpc) is 2.54. The molecule has 3 heteroatoms. The maximum absolute atomic E-state index is 5.91. The first-order valence-electron chi connectivity index (χ1n) is 7.77. The molecular formula is C18H25NO2. The summed E-state index contributed by atoms with van der Waals surface area (Å²) >= 11 is 0. The van der Waals surface area contributed by atoms with Crippen LogP contribution in [0.2, 0.25) is 0 Å². The van der Waals surface area contributed by atoms with Crippen LogP contribution in [0.4, 0.5) is 0 Å². The van der Waals surface area contributed by atoms with Gasteiger partial charge in [-0.1, -0.05) is 31.1 Å². The summed E-state index contributed by atoms with van der Waals surface area (Å²) in [6.45, 7) is 1.80. The minimum Gasteiger partial charge on any atom is -0.496 e. The molecule has 1 fully saturated rings. The van der Waals surface area contributed by atoms with Crippen LogP contribution in [0.3, 0.4) is 0 Å². The van der Waals surface area contributed by atoms with E-state index in [1.54, 1.807) is 7.11 Å². The van der Waals surface area contributed by atoms with Crippen LogP contribution in [0, 0.1) is 17.8 Å². The van der Waals surface area contributed by atoms with Crippen LogP contribution in [0.25, 0.3) is 0 Å². The molecule has 2 rings (SSSR count). The summed E-state index contributed by atoms with van der Waals surface area (Å²) in [6, 6.07) is 5.92. The molecule has 0 bridgehead atoms. The van der Waals surface area contributed by atoms with Crippen LogP contribution >= 0.6 is 0 Å². The van der Waals surface area contributed by atoms with E-state index in [9.17, 15) is 0 Å². The molecule has 0 aromatic heterocycles. The van der Waals surface area contributed by atoms with Crippen molar-refractivity contribution < 1.29 is 9.47 Å². The Bertz CT molecular complexity index is 496. The first-order chi connectivity index (χ1) is 10.3. The van der Waals surface area contributed by atoms with Gasteiger partial charge in [0.05, 0.1) is 20.3 Å². The molecule has 0 unspecified atom stereocenters. The van der Waals surface area contributed by atoms with Crippen molar-refractivity contribution in [2.75, 3.05) is 20.3 Å². The van der Waals surface area contributed by atoms with E-state index in [0.717, 1.165) is 29.4 Å². The van der Waals surface area contributed by atoms with E-state index in [-0.39, 0.29) is 0 Å². The van der Waals surface area contributed by atoms with Crippen LogP contribution in [-0.4, -0.2) is 20.3 Å². The molecule has 0 heterocycles. The predicted molar refractivity (Wildman–Crippen MR) is 85.2 cm³/mol. The lowest BCUT2D eigenvalue weighted by atomic mass is 9.90. The summed E-state index contributed by atoms with van der Waals surface area (Å²) in [5, 5.41) is 0. The van der Waals surface area contributed by atoms with Crippen molar-refractivity contribution in [2.45, 2.75) is 38.7 Å². The van der Waals surface area contributed by atoms with Gasteiger partial charge in [-0.25, -0.2) is 0 Å². The van der Waals surface area contributed by atoms with Gasteiger partial charge in [0.1, 0.15) is 5.75 Å². The number of hydrogen-bond acceptors (Lipinski definition) is 3. The molecule has 0 spiro atoms. The molecule has 0 atom stereocenters. The number of nitrogens with two attached hydrogens (primary N) is 1. The maximum Gasteiger partial charge on any atom is 0.124 e. The van der Waals surface area contributed by atoms with Crippen molar-refractivity contribution >= 4 is 0 Å². The highest BCUT2D eigenvalue weighted by molar-refractivity contribution is 5.44. The number of hydrogen-bond donors (Lipinski definition) is 1. The van der Waals surface area contributed by atoms with Crippen molar-refractivity contribution in [2.24, 2.45) is 11.7 Å². The van der Waals surface area contributed by atoms with E-state index in [4.69, 9.17) is 15.2 Å². The Balaban J connectivity index is 1.93. The van der Waals surface area contributed by atoms with Crippen LogP contribution in [-0.2, 0) is 11.3 Å². The van der Waals surface area contributed by atoms with Crippen LogP contribution in [0.5, 0.6) is 5.75 Å². The van der Waals surface area contributed by atoms with Gasteiger partial charge in [0.15, 0.2) is 0 Å². The van der Waals surface area contributed by atoms with Gasteiger partial charge in [0, 0.05) is 17.7 Å². The second-order valence-corrected chi connectivity index (χ2v) is 5.55. The van der Waals surface area contributed by atoms with E-state index >= 15 is 0 Å². The molecule has 3 nitrogen and oxygen atoms in total. The SMILES string of the molecule is COc1ccc(C#CCN)cc1COCC1CCCCC1. The fourth-order valence-corrected chi connectivity index (χ4v) is 2.81. The summed E-state index contributed by atoms with van der Waals surface area (Å²) in [6.07, 6.45) is 6.69. The van der Waals surface area contributed by atoms with E-state index < -0.39 is 0 Å². The Morgan fingerprint density at radius 2 is 2.05 bits per heavy atom. The molecule has 0 aliphatic heterocycles. The summed E-state index contributed by atoms with van der Waals surface area (Å²) in [4.78, 5) is 0. The van der Waals surface area contributed by atoms with Gasteiger partial charge >= 0.3 is 0 Å². The van der Waals surface area contributed by atoms with Gasteiger partial charge in [-0.15, -0.1) is 0 Å². The molecule has 1 saturated carbocycles. The highest BCUT2D eigenvalue weighted by Gasteiger charge is 2.13. The number of rotatable bonds is 5. The molecule has 1 aromatic carbocycles. The largest absolute Gasteiger partial charge is 0.496 e. The summed E-state index contributed by atoms with van der Waals surface area (Å²) in [5.74, 6) is 7.51. The van der Waals surface area contributed by atoms with Gasteiger partial charge in [-0.05, 0) is 37.0 Å². The third kappa shape index (κ3) is 5.08. The molecule has 1 aromatic rings. The summed E-state index contributed by atoms with van der Waals surface area (Å²) in [7, 11) is 1.69. The second kappa shape index (κ2) is 8.71. The molecule has 0 saturated heterocycles. The van der Waals surface area contributed by atoms with Gasteiger partial charge in [-0.2, -0.15) is 0 Å². The zero-order chi connectivity index (χ0) is 14.9. The molecule has 1 aliphatic rings. The first kappa shape index (κ1) is 15.9. The fraction of sp³-hybridized carbons (Fsp3) is 0.556. The third-order valence-corrected chi connectivity index (χ3v) is 3.95. The quantitative estimate of drug-likeness (QED) is 0.846. The molecular weight excluding hydrogens is 262 g/mol. The highest BCUT2D eigenvalue weighted by Crippen LogP contribution is 2.25. The van der Waals surface area contributed by atoms with Crippen molar-refractivity contribution in [1.82, 2.24) is 0 Å². The van der Waals surface area contributed by atoms with Crippen molar-refractivity contribution in [3.63, 3.8) is 0 Å². The van der Waals surface area contributed by atoms with E-state index in [0.29, 0.717) is 13.2 Å². The van der Waals surface area contributed by atoms with E-state index in [1.165, 1.54) is 32.1 Å². The smallest absolute Gasteiger partial charge is 0.124 e. The molecule has 114 valence electrons. The molecule has 1 aliphatic carbocycles. The minimum atomic E-state index is 0.375. The summed E-state index contributed by atoms with van der Waals surface area (Å²) in [5.41, 5.74) is 7.42. The number of methoxy groups -OCH3 is 1. The Morgan fingerprint density at radius 1 is 1.24 bits per heavy atom. The van der Waals surface area contributed by atoms with Crippen LogP contribution < -0.4 is 10.5 Å².